The average Bonchev–Trinajstić information content (AvgIpc) is 2.60. The summed E-state index contributed by atoms with van der Waals surface area (Å²) in [6, 6.07) is 9.73. The first-order valence-electron chi connectivity index (χ1n) is 5.21. The minimum atomic E-state index is -0.275. The minimum absolute atomic E-state index is 0.0217. The third-order valence-corrected chi connectivity index (χ3v) is 2.86. The monoisotopic (exact) mass is 222 g/mol. The molecule has 0 N–H and O–H groups in total. The maximum absolute atomic E-state index is 10.6. The summed E-state index contributed by atoms with van der Waals surface area (Å²) in [6.45, 7) is 0.362. The highest BCUT2D eigenvalue weighted by atomic mass is 16.7. The molecule has 1 aromatic carbocycles. The molecule has 2 atom stereocenters. The van der Waals surface area contributed by atoms with Crippen LogP contribution in [0.2, 0.25) is 0 Å². The largest absolute Gasteiger partial charge is 0.298 e. The van der Waals surface area contributed by atoms with Crippen molar-refractivity contribution < 1.29 is 9.76 Å². The van der Waals surface area contributed by atoms with E-state index in [1.54, 1.807) is 5.06 Å². The average molecular weight is 222 g/mol. The number of hydrogen-bond acceptors (Lipinski definition) is 4. The van der Waals surface area contributed by atoms with Gasteiger partial charge in [-0.15, -0.1) is 0 Å². The van der Waals surface area contributed by atoms with Gasteiger partial charge in [0.25, 0.3) is 0 Å². The summed E-state index contributed by atoms with van der Waals surface area (Å²) in [5, 5.41) is 12.3. The van der Waals surface area contributed by atoms with Crippen LogP contribution in [0.5, 0.6) is 0 Å². The van der Waals surface area contributed by atoms with E-state index >= 15 is 0 Å². The van der Waals surface area contributed by atoms with Crippen LogP contribution in [-0.2, 0) is 4.84 Å². The fourth-order valence-corrected chi connectivity index (χ4v) is 2.16. The Morgan fingerprint density at radius 3 is 2.81 bits per heavy atom. The quantitative estimate of drug-likeness (QED) is 0.574. The molecule has 86 valence electrons. The maximum atomic E-state index is 10.6. The lowest BCUT2D eigenvalue weighted by molar-refractivity contribution is -0.488. The highest BCUT2D eigenvalue weighted by Gasteiger charge is 2.37. The fraction of sp³-hybridized carbons (Fsp3) is 0.455. The van der Waals surface area contributed by atoms with Gasteiger partial charge in [0.2, 0.25) is 6.54 Å². The summed E-state index contributed by atoms with van der Waals surface area (Å²) in [4.78, 5) is 15.7. The predicted octanol–water partition coefficient (Wildman–Crippen LogP) is 1.50. The van der Waals surface area contributed by atoms with Gasteiger partial charge in [0, 0.05) is 12.0 Å². The van der Waals surface area contributed by atoms with Crippen molar-refractivity contribution in [2.45, 2.75) is 6.04 Å². The van der Waals surface area contributed by atoms with E-state index in [-0.39, 0.29) is 23.4 Å². The third kappa shape index (κ3) is 2.20. The standard InChI is InChI=1S/C11H14N2O3/c1-12-11(9-5-3-2-4-6-9)10(8-16-12)7-13(14)15/h2-6,10-11H,7-8H2,1H3/t10-,11+/m1/s1. The number of hydrogen-bond donors (Lipinski definition) is 0. The molecule has 1 fully saturated rings. The SMILES string of the molecule is CN1OC[C@@H](C[N+](=O)[O-])[C@@H]1c1ccccc1. The van der Waals surface area contributed by atoms with Crippen LogP contribution in [0.15, 0.2) is 30.3 Å². The topological polar surface area (TPSA) is 55.6 Å². The van der Waals surface area contributed by atoms with Gasteiger partial charge in [0.05, 0.1) is 18.6 Å². The van der Waals surface area contributed by atoms with E-state index < -0.39 is 0 Å². The summed E-state index contributed by atoms with van der Waals surface area (Å²) in [5.74, 6) is -0.0811. The summed E-state index contributed by atoms with van der Waals surface area (Å²) in [6.07, 6.45) is 0. The Hall–Kier alpha value is -1.46. The van der Waals surface area contributed by atoms with Crippen LogP contribution in [-0.4, -0.2) is 30.2 Å². The van der Waals surface area contributed by atoms with Crippen molar-refractivity contribution in [3.05, 3.63) is 46.0 Å². The molecule has 0 spiro atoms. The van der Waals surface area contributed by atoms with Crippen molar-refractivity contribution in [1.29, 1.82) is 0 Å². The second-order valence-electron chi connectivity index (χ2n) is 3.97. The highest BCUT2D eigenvalue weighted by molar-refractivity contribution is 5.20. The zero-order valence-corrected chi connectivity index (χ0v) is 9.07. The Bertz CT molecular complexity index is 369. The molecular weight excluding hydrogens is 208 g/mol. The van der Waals surface area contributed by atoms with Crippen molar-refractivity contribution >= 4 is 0 Å². The summed E-state index contributed by atoms with van der Waals surface area (Å²) < 4.78 is 0. The van der Waals surface area contributed by atoms with E-state index in [0.29, 0.717) is 6.61 Å². The molecule has 1 heterocycles. The van der Waals surface area contributed by atoms with E-state index in [1.165, 1.54) is 0 Å². The van der Waals surface area contributed by atoms with Gasteiger partial charge in [-0.05, 0) is 5.56 Å². The number of hydroxylamine groups is 2. The van der Waals surface area contributed by atoms with Gasteiger partial charge >= 0.3 is 0 Å². The Morgan fingerprint density at radius 1 is 1.50 bits per heavy atom. The van der Waals surface area contributed by atoms with Crippen molar-refractivity contribution in [1.82, 2.24) is 5.06 Å². The van der Waals surface area contributed by atoms with Crippen LogP contribution in [0, 0.1) is 16.0 Å². The smallest absolute Gasteiger partial charge is 0.210 e. The van der Waals surface area contributed by atoms with Crippen LogP contribution < -0.4 is 0 Å². The molecule has 0 aromatic heterocycles. The molecule has 0 aliphatic carbocycles. The lowest BCUT2D eigenvalue weighted by atomic mass is 9.94. The van der Waals surface area contributed by atoms with Crippen LogP contribution in [0.25, 0.3) is 0 Å². The second-order valence-corrected chi connectivity index (χ2v) is 3.97. The minimum Gasteiger partial charge on any atom is -0.298 e. The molecule has 1 aliphatic rings. The van der Waals surface area contributed by atoms with Gasteiger partial charge in [-0.2, -0.15) is 5.06 Å². The molecule has 2 rings (SSSR count). The molecule has 0 saturated carbocycles. The van der Waals surface area contributed by atoms with Gasteiger partial charge in [-0.3, -0.25) is 15.0 Å². The molecule has 0 amide bonds. The van der Waals surface area contributed by atoms with Crippen LogP contribution in [0.4, 0.5) is 0 Å². The first-order chi connectivity index (χ1) is 7.68. The molecule has 0 bridgehead atoms. The van der Waals surface area contributed by atoms with Gasteiger partial charge < -0.3 is 0 Å². The van der Waals surface area contributed by atoms with Gasteiger partial charge in [0.15, 0.2) is 0 Å². The fourth-order valence-electron chi connectivity index (χ4n) is 2.16. The zero-order valence-electron chi connectivity index (χ0n) is 9.07. The molecule has 1 saturated heterocycles. The first kappa shape index (κ1) is 11.0. The summed E-state index contributed by atoms with van der Waals surface area (Å²) >= 11 is 0. The van der Waals surface area contributed by atoms with E-state index in [0.717, 1.165) is 5.56 Å². The number of nitrogens with zero attached hydrogens (tertiary/aromatic N) is 2. The third-order valence-electron chi connectivity index (χ3n) is 2.86. The molecule has 1 aromatic rings. The Balaban J connectivity index is 2.19. The van der Waals surface area contributed by atoms with Crippen molar-refractivity contribution in [3.63, 3.8) is 0 Å². The van der Waals surface area contributed by atoms with Crippen molar-refractivity contribution in [2.75, 3.05) is 20.2 Å². The van der Waals surface area contributed by atoms with Gasteiger partial charge in [-0.1, -0.05) is 30.3 Å². The maximum Gasteiger partial charge on any atom is 0.210 e. The lowest BCUT2D eigenvalue weighted by Crippen LogP contribution is -2.25. The molecule has 1 aliphatic heterocycles. The summed E-state index contributed by atoms with van der Waals surface area (Å²) in [5.41, 5.74) is 1.06. The normalized spacial score (nSPS) is 25.8. The van der Waals surface area contributed by atoms with E-state index in [9.17, 15) is 10.1 Å². The lowest BCUT2D eigenvalue weighted by Gasteiger charge is -2.20. The van der Waals surface area contributed by atoms with Crippen molar-refractivity contribution in [3.8, 4) is 0 Å². The van der Waals surface area contributed by atoms with Crippen LogP contribution >= 0.6 is 0 Å². The Kier molecular flexibility index (Phi) is 3.17. The van der Waals surface area contributed by atoms with Gasteiger partial charge in [0.1, 0.15) is 0 Å². The number of benzene rings is 1. The summed E-state index contributed by atoms with van der Waals surface area (Å²) in [7, 11) is 1.82. The van der Waals surface area contributed by atoms with Crippen LogP contribution in [0.1, 0.15) is 11.6 Å². The van der Waals surface area contributed by atoms with Gasteiger partial charge in [-0.25, -0.2) is 0 Å². The van der Waals surface area contributed by atoms with E-state index in [4.69, 9.17) is 4.84 Å². The molecule has 0 unspecified atom stereocenters. The molecule has 16 heavy (non-hydrogen) atoms. The first-order valence-corrected chi connectivity index (χ1v) is 5.21. The Morgan fingerprint density at radius 2 is 2.19 bits per heavy atom. The zero-order chi connectivity index (χ0) is 11.5. The van der Waals surface area contributed by atoms with E-state index in [2.05, 4.69) is 0 Å². The second kappa shape index (κ2) is 4.59. The van der Waals surface area contributed by atoms with Crippen molar-refractivity contribution in [2.24, 2.45) is 5.92 Å². The molecule has 5 heteroatoms. The highest BCUT2D eigenvalue weighted by Crippen LogP contribution is 2.33. The molecule has 5 nitrogen and oxygen atoms in total. The predicted molar refractivity (Wildman–Crippen MR) is 58.2 cm³/mol. The molecule has 0 radical (unpaired) electrons. The number of rotatable bonds is 3. The van der Waals surface area contributed by atoms with E-state index in [1.807, 2.05) is 37.4 Å². The number of nitro groups is 1. The van der Waals surface area contributed by atoms with Crippen LogP contribution in [0.3, 0.4) is 0 Å². The Labute approximate surface area is 93.7 Å². The molecular formula is C11H14N2O3.